The first-order valence-electron chi connectivity index (χ1n) is 10.1. The number of ketones is 1. The third-order valence-electron chi connectivity index (χ3n) is 5.42. The molecule has 7 nitrogen and oxygen atoms in total. The van der Waals surface area contributed by atoms with Gasteiger partial charge in [0.2, 0.25) is 0 Å². The number of amides is 1. The number of carbonyl (C=O) groups excluding carboxylic acids is 2. The smallest absolute Gasteiger partial charge is 0.295 e. The maximum Gasteiger partial charge on any atom is 0.295 e. The van der Waals surface area contributed by atoms with Gasteiger partial charge in [0.15, 0.2) is 11.5 Å². The van der Waals surface area contributed by atoms with Crippen molar-refractivity contribution in [1.82, 2.24) is 4.90 Å². The van der Waals surface area contributed by atoms with Crippen molar-refractivity contribution in [3.8, 4) is 17.2 Å². The quantitative estimate of drug-likeness (QED) is 0.396. The van der Waals surface area contributed by atoms with Gasteiger partial charge in [0.05, 0.1) is 31.4 Å². The van der Waals surface area contributed by atoms with Crippen molar-refractivity contribution >= 4 is 17.4 Å². The highest BCUT2D eigenvalue weighted by molar-refractivity contribution is 6.46. The first-order chi connectivity index (χ1) is 14.8. The van der Waals surface area contributed by atoms with Crippen molar-refractivity contribution in [2.75, 3.05) is 20.8 Å². The van der Waals surface area contributed by atoms with E-state index in [4.69, 9.17) is 9.47 Å². The highest BCUT2D eigenvalue weighted by Crippen LogP contribution is 2.43. The van der Waals surface area contributed by atoms with E-state index in [1.54, 1.807) is 24.3 Å². The van der Waals surface area contributed by atoms with Gasteiger partial charge in [0, 0.05) is 6.54 Å². The van der Waals surface area contributed by atoms with Gasteiger partial charge in [0.25, 0.3) is 11.7 Å². The predicted octanol–water partition coefficient (Wildman–Crippen LogP) is 3.94. The number of aliphatic hydroxyl groups excluding tert-OH is 1. The first-order valence-corrected chi connectivity index (χ1v) is 10.1. The van der Waals surface area contributed by atoms with Crippen LogP contribution >= 0.6 is 0 Å². The lowest BCUT2D eigenvalue weighted by molar-refractivity contribution is -0.139. The van der Waals surface area contributed by atoms with Gasteiger partial charge >= 0.3 is 0 Å². The molecule has 0 spiro atoms. The van der Waals surface area contributed by atoms with E-state index in [1.807, 2.05) is 19.9 Å². The summed E-state index contributed by atoms with van der Waals surface area (Å²) < 4.78 is 10.5. The maximum atomic E-state index is 13.0. The summed E-state index contributed by atoms with van der Waals surface area (Å²) in [4.78, 5) is 27.4. The van der Waals surface area contributed by atoms with Crippen LogP contribution in [-0.2, 0) is 9.59 Å². The molecule has 1 heterocycles. The molecule has 7 heteroatoms. The summed E-state index contributed by atoms with van der Waals surface area (Å²) in [5, 5.41) is 21.5. The zero-order chi connectivity index (χ0) is 22.7. The standard InChI is InChI=1S/C24H27NO6/c1-5-6-11-25-21(15-8-10-19(31-4)17(26)13-15)20(23(28)24(25)29)22(27)16-12-14(2)7-9-18(16)30-3/h7-10,12-13,21,26-27H,5-6,11H2,1-4H3/b22-20+. The number of nitrogens with zero attached hydrogens (tertiary/aromatic N) is 1. The van der Waals surface area contributed by atoms with Crippen LogP contribution in [0.3, 0.4) is 0 Å². The highest BCUT2D eigenvalue weighted by Gasteiger charge is 2.46. The summed E-state index contributed by atoms with van der Waals surface area (Å²) in [7, 11) is 2.91. The molecule has 1 unspecified atom stereocenters. The van der Waals surface area contributed by atoms with Crippen molar-refractivity contribution in [3.63, 3.8) is 0 Å². The number of phenolic OH excluding ortho intramolecular Hbond substituents is 1. The van der Waals surface area contributed by atoms with Crippen molar-refractivity contribution in [2.24, 2.45) is 0 Å². The maximum absolute atomic E-state index is 13.0. The fourth-order valence-corrected chi connectivity index (χ4v) is 3.81. The Labute approximate surface area is 181 Å². The molecule has 164 valence electrons. The van der Waals surface area contributed by atoms with Crippen molar-refractivity contribution in [1.29, 1.82) is 0 Å². The number of carbonyl (C=O) groups is 2. The number of likely N-dealkylation sites (tertiary alicyclic amines) is 1. The van der Waals surface area contributed by atoms with E-state index in [0.29, 0.717) is 29.8 Å². The van der Waals surface area contributed by atoms with Gasteiger partial charge in [0.1, 0.15) is 11.5 Å². The van der Waals surface area contributed by atoms with Gasteiger partial charge in [-0.1, -0.05) is 31.0 Å². The summed E-state index contributed by atoms with van der Waals surface area (Å²) in [6.45, 7) is 4.19. The lowest BCUT2D eigenvalue weighted by Crippen LogP contribution is -2.30. The molecule has 2 aromatic carbocycles. The zero-order valence-electron chi connectivity index (χ0n) is 18.1. The van der Waals surface area contributed by atoms with Gasteiger partial charge in [-0.3, -0.25) is 9.59 Å². The van der Waals surface area contributed by atoms with E-state index in [2.05, 4.69) is 0 Å². The molecule has 0 saturated carbocycles. The number of aliphatic hydroxyl groups is 1. The third kappa shape index (κ3) is 4.08. The molecule has 0 aromatic heterocycles. The number of aryl methyl sites for hydroxylation is 1. The number of ether oxygens (including phenoxy) is 2. The van der Waals surface area contributed by atoms with E-state index >= 15 is 0 Å². The number of hydrogen-bond acceptors (Lipinski definition) is 6. The minimum atomic E-state index is -0.839. The van der Waals surface area contributed by atoms with Gasteiger partial charge in [-0.2, -0.15) is 0 Å². The Bertz CT molecular complexity index is 1040. The van der Waals surface area contributed by atoms with Crippen LogP contribution in [0.15, 0.2) is 42.0 Å². The number of benzene rings is 2. The highest BCUT2D eigenvalue weighted by atomic mass is 16.5. The number of phenols is 1. The van der Waals surface area contributed by atoms with Crippen LogP contribution in [0.25, 0.3) is 5.76 Å². The van der Waals surface area contributed by atoms with Crippen LogP contribution in [0.2, 0.25) is 0 Å². The average molecular weight is 425 g/mol. The van der Waals surface area contributed by atoms with E-state index in [9.17, 15) is 19.8 Å². The second-order valence-corrected chi connectivity index (χ2v) is 7.48. The topological polar surface area (TPSA) is 96.3 Å². The Morgan fingerprint density at radius 1 is 1.06 bits per heavy atom. The molecule has 1 atom stereocenters. The van der Waals surface area contributed by atoms with Crippen LogP contribution in [0.5, 0.6) is 17.2 Å². The fourth-order valence-electron chi connectivity index (χ4n) is 3.81. The molecule has 0 bridgehead atoms. The molecule has 0 aliphatic carbocycles. The number of rotatable bonds is 7. The summed E-state index contributed by atoms with van der Waals surface area (Å²) in [5.74, 6) is -1.21. The monoisotopic (exact) mass is 425 g/mol. The molecule has 2 N–H and O–H groups in total. The Morgan fingerprint density at radius 2 is 1.74 bits per heavy atom. The fraction of sp³-hybridized carbons (Fsp3) is 0.333. The average Bonchev–Trinajstić information content (AvgIpc) is 3.01. The van der Waals surface area contributed by atoms with Gasteiger partial charge in [-0.15, -0.1) is 0 Å². The number of methoxy groups -OCH3 is 2. The molecule has 1 amide bonds. The summed E-state index contributed by atoms with van der Waals surface area (Å²) in [6.07, 6.45) is 1.52. The SMILES string of the molecule is CCCCN1C(=O)C(=O)/C(=C(/O)c2cc(C)ccc2OC)C1c1ccc(OC)c(O)c1. The number of unbranched alkanes of at least 4 members (excludes halogenated alkanes) is 1. The molecule has 1 aliphatic heterocycles. The molecule has 1 saturated heterocycles. The third-order valence-corrected chi connectivity index (χ3v) is 5.42. The first kappa shape index (κ1) is 22.2. The van der Waals surface area contributed by atoms with Crippen molar-refractivity contribution < 1.29 is 29.3 Å². The lowest BCUT2D eigenvalue weighted by atomic mass is 9.94. The van der Waals surface area contributed by atoms with E-state index in [0.717, 1.165) is 12.0 Å². The summed E-state index contributed by atoms with van der Waals surface area (Å²) >= 11 is 0. The van der Waals surface area contributed by atoms with Crippen molar-refractivity contribution in [2.45, 2.75) is 32.7 Å². The number of aromatic hydroxyl groups is 1. The van der Waals surface area contributed by atoms with Crippen LogP contribution in [-0.4, -0.2) is 47.6 Å². The Hall–Kier alpha value is -3.48. The van der Waals surface area contributed by atoms with E-state index in [1.165, 1.54) is 25.2 Å². The molecule has 0 radical (unpaired) electrons. The molecule has 1 aliphatic rings. The van der Waals surface area contributed by atoms with Gasteiger partial charge < -0.3 is 24.6 Å². The molecular formula is C24H27NO6. The normalized spacial score (nSPS) is 17.8. The minimum absolute atomic E-state index is 0.0328. The zero-order valence-corrected chi connectivity index (χ0v) is 18.1. The largest absolute Gasteiger partial charge is 0.507 e. The minimum Gasteiger partial charge on any atom is -0.507 e. The van der Waals surface area contributed by atoms with Gasteiger partial charge in [-0.05, 0) is 43.2 Å². The second kappa shape index (κ2) is 9.12. The Morgan fingerprint density at radius 3 is 2.35 bits per heavy atom. The second-order valence-electron chi connectivity index (χ2n) is 7.48. The van der Waals surface area contributed by atoms with Crippen LogP contribution < -0.4 is 9.47 Å². The van der Waals surface area contributed by atoms with Crippen LogP contribution in [0.1, 0.15) is 42.5 Å². The lowest BCUT2D eigenvalue weighted by Gasteiger charge is -2.25. The molecular weight excluding hydrogens is 398 g/mol. The predicted molar refractivity (Wildman–Crippen MR) is 116 cm³/mol. The van der Waals surface area contributed by atoms with Gasteiger partial charge in [-0.25, -0.2) is 0 Å². The molecule has 31 heavy (non-hydrogen) atoms. The van der Waals surface area contributed by atoms with Crippen LogP contribution in [0, 0.1) is 6.92 Å². The van der Waals surface area contributed by atoms with Crippen LogP contribution in [0.4, 0.5) is 0 Å². The summed E-state index contributed by atoms with van der Waals surface area (Å²) in [6, 6.07) is 9.09. The number of hydrogen-bond donors (Lipinski definition) is 2. The molecule has 2 aromatic rings. The molecule has 1 fully saturated rings. The Kier molecular flexibility index (Phi) is 6.53. The Balaban J connectivity index is 2.24. The van der Waals surface area contributed by atoms with E-state index < -0.39 is 17.7 Å². The van der Waals surface area contributed by atoms with Crippen molar-refractivity contribution in [3.05, 3.63) is 58.7 Å². The van der Waals surface area contributed by atoms with E-state index in [-0.39, 0.29) is 22.8 Å². The summed E-state index contributed by atoms with van der Waals surface area (Å²) in [5.41, 5.74) is 1.66. The molecule has 3 rings (SSSR count). The number of Topliss-reactive ketones (excluding diaryl/α,β-unsaturated/α-hetero) is 1.